The van der Waals surface area contributed by atoms with Crippen molar-refractivity contribution >= 4 is 29.1 Å². The van der Waals surface area contributed by atoms with Crippen LogP contribution in [0.4, 0.5) is 0 Å². The van der Waals surface area contributed by atoms with Crippen LogP contribution in [0.2, 0.25) is 0 Å². The van der Waals surface area contributed by atoms with Gasteiger partial charge in [0.15, 0.2) is 5.82 Å². The number of hydrogen-bond acceptors (Lipinski definition) is 7. The molecule has 0 aliphatic carbocycles. The Hall–Kier alpha value is -4.57. The summed E-state index contributed by atoms with van der Waals surface area (Å²) in [4.78, 5) is 51.4. The van der Waals surface area contributed by atoms with Gasteiger partial charge in [-0.15, -0.1) is 11.3 Å². The molecule has 2 aromatic heterocycles. The number of aliphatic carboxylic acids is 1. The van der Waals surface area contributed by atoms with Crippen molar-refractivity contribution in [2.45, 2.75) is 103 Å². The van der Waals surface area contributed by atoms with E-state index in [1.807, 2.05) is 67.0 Å². The molecule has 1 aliphatic rings. The van der Waals surface area contributed by atoms with Gasteiger partial charge in [0.25, 0.3) is 5.91 Å². The molecule has 1 aliphatic heterocycles. The minimum absolute atomic E-state index is 0.0997. The van der Waals surface area contributed by atoms with Gasteiger partial charge in [-0.05, 0) is 60.1 Å². The van der Waals surface area contributed by atoms with Crippen LogP contribution < -0.4 is 10.1 Å². The van der Waals surface area contributed by atoms with Gasteiger partial charge < -0.3 is 20.1 Å². The number of carboxylic acid groups (broad SMARTS) is 1. The van der Waals surface area contributed by atoms with Crippen LogP contribution >= 0.6 is 11.3 Å². The van der Waals surface area contributed by atoms with Gasteiger partial charge in [0.05, 0.1) is 17.9 Å². The maximum Gasteiger partial charge on any atom is 0.305 e. The Morgan fingerprint density at radius 3 is 2.25 bits per heavy atom. The zero-order valence-corrected chi connectivity index (χ0v) is 31.0. The minimum atomic E-state index is -0.939. The average molecular weight is 711 g/mol. The van der Waals surface area contributed by atoms with E-state index in [-0.39, 0.29) is 36.1 Å². The van der Waals surface area contributed by atoms with Crippen molar-refractivity contribution in [1.29, 1.82) is 0 Å². The summed E-state index contributed by atoms with van der Waals surface area (Å²) in [7, 11) is 0. The van der Waals surface area contributed by atoms with Gasteiger partial charge in [-0.3, -0.25) is 14.4 Å². The fourth-order valence-corrected chi connectivity index (χ4v) is 7.29. The van der Waals surface area contributed by atoms with E-state index in [1.54, 1.807) is 11.0 Å². The summed E-state index contributed by atoms with van der Waals surface area (Å²) in [5.41, 5.74) is 3.49. The first-order valence-electron chi connectivity index (χ1n) is 18.1. The zero-order valence-electron chi connectivity index (χ0n) is 30.2. The lowest BCUT2D eigenvalue weighted by Crippen LogP contribution is -2.51. The highest BCUT2D eigenvalue weighted by atomic mass is 32.1. The summed E-state index contributed by atoms with van der Waals surface area (Å²) >= 11 is 1.42. The summed E-state index contributed by atoms with van der Waals surface area (Å²) < 4.78 is 5.90. The number of aromatic nitrogens is 2. The predicted octanol–water partition coefficient (Wildman–Crippen LogP) is 8.33. The van der Waals surface area contributed by atoms with Gasteiger partial charge >= 0.3 is 5.97 Å². The normalized spacial score (nSPS) is 15.1. The number of likely N-dealkylation sites (tertiary alicyclic amines) is 1. The van der Waals surface area contributed by atoms with Gasteiger partial charge in [0.2, 0.25) is 5.91 Å². The van der Waals surface area contributed by atoms with Crippen LogP contribution in [0.25, 0.3) is 22.5 Å². The number of thiophene rings is 1. The second kappa shape index (κ2) is 17.6. The third-order valence-electron chi connectivity index (χ3n) is 9.25. The SMILES string of the molecule is CCCCCCCOc1ccc(-c2cnc(-c3ccc(CC(NC(=O)c4ccc(C(C)(C)C)s4)C(=O)N4CCCC4CC(=O)O)cc3)nc2)cc1. The first-order valence-corrected chi connectivity index (χ1v) is 18.9. The number of carbonyl (C=O) groups excluding carboxylic acids is 2. The van der Waals surface area contributed by atoms with E-state index in [0.717, 1.165) is 52.3 Å². The molecule has 0 spiro atoms. The van der Waals surface area contributed by atoms with E-state index in [0.29, 0.717) is 23.7 Å². The summed E-state index contributed by atoms with van der Waals surface area (Å²) in [6, 6.07) is 18.2. The molecule has 2 atom stereocenters. The fraction of sp³-hybridized carbons (Fsp3) is 0.439. The summed E-state index contributed by atoms with van der Waals surface area (Å²) in [5.74, 6) is -0.0735. The Labute approximate surface area is 305 Å². The van der Waals surface area contributed by atoms with Gasteiger partial charge in [-0.1, -0.05) is 89.8 Å². The first kappa shape index (κ1) is 37.7. The molecule has 1 fully saturated rings. The predicted molar refractivity (Wildman–Crippen MR) is 202 cm³/mol. The van der Waals surface area contributed by atoms with Crippen molar-refractivity contribution in [3.63, 3.8) is 0 Å². The highest BCUT2D eigenvalue weighted by Gasteiger charge is 2.35. The van der Waals surface area contributed by atoms with E-state index in [4.69, 9.17) is 4.74 Å². The van der Waals surface area contributed by atoms with E-state index in [2.05, 4.69) is 43.0 Å². The lowest BCUT2D eigenvalue weighted by molar-refractivity contribution is -0.140. The third kappa shape index (κ3) is 10.5. The molecule has 9 nitrogen and oxygen atoms in total. The van der Waals surface area contributed by atoms with Crippen molar-refractivity contribution in [2.24, 2.45) is 0 Å². The van der Waals surface area contributed by atoms with E-state index < -0.39 is 12.0 Å². The monoisotopic (exact) mass is 710 g/mol. The van der Waals surface area contributed by atoms with Crippen LogP contribution in [0.15, 0.2) is 73.1 Å². The fourth-order valence-electron chi connectivity index (χ4n) is 6.32. The van der Waals surface area contributed by atoms with E-state index >= 15 is 0 Å². The summed E-state index contributed by atoms with van der Waals surface area (Å²) in [6.45, 7) is 9.70. The lowest BCUT2D eigenvalue weighted by atomic mass is 9.95. The highest BCUT2D eigenvalue weighted by molar-refractivity contribution is 7.14. The summed E-state index contributed by atoms with van der Waals surface area (Å²) in [5, 5.41) is 12.4. The van der Waals surface area contributed by atoms with Crippen molar-refractivity contribution in [3.05, 3.63) is 88.4 Å². The molecule has 51 heavy (non-hydrogen) atoms. The average Bonchev–Trinajstić information content (AvgIpc) is 3.81. The molecule has 0 radical (unpaired) electrons. The molecule has 0 saturated carbocycles. The Bertz CT molecular complexity index is 1750. The standard InChI is InChI=1S/C41H50N4O5S/c1-5-6-7-8-9-23-50-33-18-16-29(17-19-33)31-26-42-38(43-27-31)30-14-12-28(13-15-30)24-34(40(49)45-22-10-11-32(45)25-37(46)47)44-39(48)35-20-21-36(51-35)41(2,3)4/h12-21,26-27,32,34H,5-11,22-25H2,1-4H3,(H,44,48)(H,46,47). The molecule has 270 valence electrons. The molecule has 2 amide bonds. The third-order valence-corrected chi connectivity index (χ3v) is 10.8. The molecule has 0 bridgehead atoms. The van der Waals surface area contributed by atoms with Crippen molar-refractivity contribution < 1.29 is 24.2 Å². The van der Waals surface area contributed by atoms with Crippen LogP contribution in [0, 0.1) is 0 Å². The van der Waals surface area contributed by atoms with E-state index in [1.165, 1.54) is 37.0 Å². The first-order chi connectivity index (χ1) is 24.5. The van der Waals surface area contributed by atoms with E-state index in [9.17, 15) is 19.5 Å². The van der Waals surface area contributed by atoms with Gasteiger partial charge in [-0.25, -0.2) is 9.97 Å². The maximum atomic E-state index is 13.9. The maximum absolute atomic E-state index is 13.9. The van der Waals surface area contributed by atoms with Crippen molar-refractivity contribution in [2.75, 3.05) is 13.2 Å². The van der Waals surface area contributed by atoms with Crippen molar-refractivity contribution in [1.82, 2.24) is 20.2 Å². The molecule has 4 aromatic rings. The number of amides is 2. The molecule has 2 N–H and O–H groups in total. The molecule has 10 heteroatoms. The zero-order chi connectivity index (χ0) is 36.4. The van der Waals surface area contributed by atoms with Gasteiger partial charge in [0, 0.05) is 47.4 Å². The number of nitrogens with zero attached hydrogens (tertiary/aromatic N) is 3. The Kier molecular flexibility index (Phi) is 13.0. The molecule has 5 rings (SSSR count). The van der Waals surface area contributed by atoms with Gasteiger partial charge in [0.1, 0.15) is 11.8 Å². The number of ether oxygens (including phenoxy) is 1. The van der Waals surface area contributed by atoms with Gasteiger partial charge in [-0.2, -0.15) is 0 Å². The molecular formula is C41H50N4O5S. The Morgan fingerprint density at radius 1 is 0.922 bits per heavy atom. The van der Waals surface area contributed by atoms with Crippen LogP contribution in [0.1, 0.15) is 99.2 Å². The molecule has 1 saturated heterocycles. The number of carboxylic acids is 1. The van der Waals surface area contributed by atoms with Crippen molar-refractivity contribution in [3.8, 4) is 28.3 Å². The highest BCUT2D eigenvalue weighted by Crippen LogP contribution is 2.30. The van der Waals surface area contributed by atoms with Crippen LogP contribution in [0.5, 0.6) is 5.75 Å². The number of hydrogen-bond donors (Lipinski definition) is 2. The number of carbonyl (C=O) groups is 3. The molecular weight excluding hydrogens is 661 g/mol. The number of benzene rings is 2. The quantitative estimate of drug-likeness (QED) is 0.112. The summed E-state index contributed by atoms with van der Waals surface area (Å²) in [6.07, 6.45) is 11.2. The topological polar surface area (TPSA) is 122 Å². The van der Waals surface area contributed by atoms with Crippen LogP contribution in [0.3, 0.4) is 0 Å². The largest absolute Gasteiger partial charge is 0.494 e. The molecule has 2 aromatic carbocycles. The second-order valence-electron chi connectivity index (χ2n) is 14.3. The minimum Gasteiger partial charge on any atom is -0.494 e. The van der Waals surface area contributed by atoms with Crippen LogP contribution in [-0.2, 0) is 21.4 Å². The smallest absolute Gasteiger partial charge is 0.305 e. The Morgan fingerprint density at radius 2 is 1.61 bits per heavy atom. The van der Waals surface area contributed by atoms with Crippen LogP contribution in [-0.4, -0.2) is 63.0 Å². The Balaban J connectivity index is 1.25. The molecule has 2 unspecified atom stereocenters. The lowest BCUT2D eigenvalue weighted by Gasteiger charge is -2.29. The molecule has 3 heterocycles. The second-order valence-corrected chi connectivity index (χ2v) is 15.4. The number of nitrogens with one attached hydrogen (secondary N) is 1. The number of rotatable bonds is 16. The number of unbranched alkanes of at least 4 members (excludes halogenated alkanes) is 4.